The third-order valence-corrected chi connectivity index (χ3v) is 7.82. The van der Waals surface area contributed by atoms with Crippen molar-refractivity contribution < 1.29 is 24.2 Å². The van der Waals surface area contributed by atoms with E-state index in [1.807, 2.05) is 26.0 Å². The molecule has 1 N–H and O–H groups in total. The van der Waals surface area contributed by atoms with Crippen molar-refractivity contribution in [2.75, 3.05) is 19.1 Å². The van der Waals surface area contributed by atoms with Crippen LogP contribution in [-0.2, 0) is 4.79 Å². The number of amides is 1. The van der Waals surface area contributed by atoms with E-state index in [-0.39, 0.29) is 5.57 Å². The standard InChI is InChI=1S/C26H22N2O5S2/c1-13-10-14(2)21-19(11-13)35-26(27-21)28-22(16-12-15(32-3)7-8-17(16)33-4)20(24(30)25(28)31)23(29)18-6-5-9-34-18/h5-12,22,30H,1-4H3/t22-/m0/s1. The Morgan fingerprint density at radius 2 is 1.91 bits per heavy atom. The van der Waals surface area contributed by atoms with Gasteiger partial charge in [-0.3, -0.25) is 14.5 Å². The van der Waals surface area contributed by atoms with Crippen molar-refractivity contribution in [3.8, 4) is 11.5 Å². The largest absolute Gasteiger partial charge is 0.503 e. The second kappa shape index (κ2) is 8.83. The normalized spacial score (nSPS) is 15.8. The van der Waals surface area contributed by atoms with Gasteiger partial charge >= 0.3 is 0 Å². The van der Waals surface area contributed by atoms with Gasteiger partial charge in [-0.05, 0) is 60.7 Å². The number of nitrogens with zero attached hydrogens (tertiary/aromatic N) is 2. The van der Waals surface area contributed by atoms with Crippen molar-refractivity contribution in [2.24, 2.45) is 0 Å². The molecule has 0 bridgehead atoms. The maximum Gasteiger partial charge on any atom is 0.296 e. The van der Waals surface area contributed by atoms with Crippen molar-refractivity contribution in [1.82, 2.24) is 4.98 Å². The smallest absolute Gasteiger partial charge is 0.296 e. The molecular formula is C26H22N2O5S2. The van der Waals surface area contributed by atoms with Crippen molar-refractivity contribution >= 4 is 49.7 Å². The van der Waals surface area contributed by atoms with Crippen molar-refractivity contribution in [1.29, 1.82) is 0 Å². The number of Topliss-reactive ketones (excluding diaryl/α,β-unsaturated/α-hetero) is 1. The number of rotatable bonds is 6. The van der Waals surface area contributed by atoms with Crippen LogP contribution in [0.2, 0.25) is 0 Å². The molecule has 178 valence electrons. The van der Waals surface area contributed by atoms with Crippen LogP contribution in [0.5, 0.6) is 11.5 Å². The van der Waals surface area contributed by atoms with Crippen LogP contribution in [0, 0.1) is 13.8 Å². The molecule has 1 aliphatic rings. The highest BCUT2D eigenvalue weighted by Gasteiger charge is 2.47. The van der Waals surface area contributed by atoms with Gasteiger partial charge in [-0.1, -0.05) is 23.5 Å². The second-order valence-electron chi connectivity index (χ2n) is 8.18. The minimum Gasteiger partial charge on any atom is -0.503 e. The minimum atomic E-state index is -0.955. The Balaban J connectivity index is 1.75. The topological polar surface area (TPSA) is 89.0 Å². The fourth-order valence-corrected chi connectivity index (χ4v) is 6.23. The van der Waals surface area contributed by atoms with Gasteiger partial charge in [0.05, 0.1) is 34.9 Å². The average Bonchev–Trinajstić information content (AvgIpc) is 3.57. The molecule has 0 saturated heterocycles. The Morgan fingerprint density at radius 3 is 2.60 bits per heavy atom. The van der Waals surface area contributed by atoms with Crippen LogP contribution in [0.4, 0.5) is 5.13 Å². The highest BCUT2D eigenvalue weighted by Crippen LogP contribution is 2.47. The maximum absolute atomic E-state index is 13.6. The zero-order valence-corrected chi connectivity index (χ0v) is 21.1. The summed E-state index contributed by atoms with van der Waals surface area (Å²) in [5, 5.41) is 13.2. The van der Waals surface area contributed by atoms with E-state index in [4.69, 9.17) is 14.5 Å². The Kier molecular flexibility index (Phi) is 5.82. The number of hydrogen-bond acceptors (Lipinski definition) is 8. The first-order valence-electron chi connectivity index (χ1n) is 10.8. The second-order valence-corrected chi connectivity index (χ2v) is 10.1. The number of carbonyl (C=O) groups is 2. The number of aliphatic hydroxyl groups is 1. The summed E-state index contributed by atoms with van der Waals surface area (Å²) in [4.78, 5) is 33.7. The number of ether oxygens (including phenoxy) is 2. The van der Waals surface area contributed by atoms with E-state index in [0.717, 1.165) is 21.3 Å². The summed E-state index contributed by atoms with van der Waals surface area (Å²) in [7, 11) is 3.05. The molecule has 35 heavy (non-hydrogen) atoms. The quantitative estimate of drug-likeness (QED) is 0.334. The molecule has 9 heteroatoms. The van der Waals surface area contributed by atoms with Crippen LogP contribution >= 0.6 is 22.7 Å². The Labute approximate surface area is 209 Å². The third-order valence-electron chi connectivity index (χ3n) is 5.95. The van der Waals surface area contributed by atoms with Crippen LogP contribution < -0.4 is 14.4 Å². The number of aromatic nitrogens is 1. The summed E-state index contributed by atoms with van der Waals surface area (Å²) in [5.74, 6) is -0.721. The molecule has 0 unspecified atom stereocenters. The SMILES string of the molecule is COc1ccc(OC)c([C@H]2C(C(=O)c3cccs3)=C(O)C(=O)N2c2nc3c(C)cc(C)cc3s2)c1. The highest BCUT2D eigenvalue weighted by atomic mass is 32.1. The summed E-state index contributed by atoms with van der Waals surface area (Å²) in [6.07, 6.45) is 0. The number of aliphatic hydroxyl groups excluding tert-OH is 1. The summed E-state index contributed by atoms with van der Waals surface area (Å²) >= 11 is 2.58. The Hall–Kier alpha value is -3.69. The van der Waals surface area contributed by atoms with Crippen LogP contribution in [-0.4, -0.2) is 36.0 Å². The fraction of sp³-hybridized carbons (Fsp3) is 0.192. The van der Waals surface area contributed by atoms with Crippen molar-refractivity contribution in [3.05, 3.63) is 80.7 Å². The number of thiazole rings is 1. The van der Waals surface area contributed by atoms with Gasteiger partial charge in [0, 0.05) is 5.56 Å². The monoisotopic (exact) mass is 506 g/mol. The van der Waals surface area contributed by atoms with E-state index < -0.39 is 23.5 Å². The van der Waals surface area contributed by atoms with Gasteiger partial charge < -0.3 is 14.6 Å². The first kappa shape index (κ1) is 23.1. The first-order valence-corrected chi connectivity index (χ1v) is 12.5. The number of ketones is 1. The molecule has 1 atom stereocenters. The minimum absolute atomic E-state index is 0.0174. The molecule has 1 aliphatic heterocycles. The lowest BCUT2D eigenvalue weighted by molar-refractivity contribution is -0.117. The summed E-state index contributed by atoms with van der Waals surface area (Å²) < 4.78 is 11.9. The van der Waals surface area contributed by atoms with Crippen LogP contribution in [0.1, 0.15) is 32.4 Å². The zero-order valence-electron chi connectivity index (χ0n) is 19.5. The van der Waals surface area contributed by atoms with Gasteiger partial charge in [0.1, 0.15) is 17.5 Å². The van der Waals surface area contributed by atoms with Gasteiger partial charge in [-0.15, -0.1) is 11.3 Å². The van der Waals surface area contributed by atoms with Gasteiger partial charge in [0.2, 0.25) is 5.78 Å². The number of thiophene rings is 1. The average molecular weight is 507 g/mol. The molecular weight excluding hydrogens is 484 g/mol. The number of hydrogen-bond donors (Lipinski definition) is 1. The number of anilines is 1. The summed E-state index contributed by atoms with van der Waals surface area (Å²) in [5.41, 5.74) is 3.33. The predicted octanol–water partition coefficient (Wildman–Crippen LogP) is 5.77. The molecule has 2 aromatic heterocycles. The molecule has 5 rings (SSSR count). The Morgan fingerprint density at radius 1 is 1.11 bits per heavy atom. The molecule has 0 saturated carbocycles. The molecule has 2 aromatic carbocycles. The zero-order chi connectivity index (χ0) is 24.9. The molecule has 7 nitrogen and oxygen atoms in total. The van der Waals surface area contributed by atoms with Crippen molar-refractivity contribution in [2.45, 2.75) is 19.9 Å². The number of carbonyl (C=O) groups excluding carboxylic acids is 2. The van der Waals surface area contributed by atoms with Gasteiger partial charge in [0.25, 0.3) is 5.91 Å². The molecule has 0 fully saturated rings. The molecule has 4 aromatic rings. The maximum atomic E-state index is 13.6. The van der Waals surface area contributed by atoms with E-state index in [2.05, 4.69) is 0 Å². The highest BCUT2D eigenvalue weighted by molar-refractivity contribution is 7.22. The lowest BCUT2D eigenvalue weighted by Gasteiger charge is -2.26. The lowest BCUT2D eigenvalue weighted by atomic mass is 9.94. The summed E-state index contributed by atoms with van der Waals surface area (Å²) in [6.45, 7) is 3.97. The van der Waals surface area contributed by atoms with Crippen molar-refractivity contribution in [3.63, 3.8) is 0 Å². The molecule has 0 aliphatic carbocycles. The Bertz CT molecular complexity index is 1500. The molecule has 1 amide bonds. The number of benzene rings is 2. The van der Waals surface area contributed by atoms with Gasteiger partial charge in [-0.2, -0.15) is 0 Å². The van der Waals surface area contributed by atoms with E-state index in [9.17, 15) is 14.7 Å². The molecule has 0 radical (unpaired) electrons. The van der Waals surface area contributed by atoms with E-state index in [0.29, 0.717) is 27.1 Å². The van der Waals surface area contributed by atoms with Crippen LogP contribution in [0.15, 0.2) is 59.2 Å². The number of aryl methyl sites for hydroxylation is 2. The number of fused-ring (bicyclic) bond motifs is 1. The first-order chi connectivity index (χ1) is 16.8. The van der Waals surface area contributed by atoms with E-state index in [1.165, 1.54) is 41.8 Å². The summed E-state index contributed by atoms with van der Waals surface area (Å²) in [6, 6.07) is 11.7. The van der Waals surface area contributed by atoms with Gasteiger partial charge in [0.15, 0.2) is 10.9 Å². The predicted molar refractivity (Wildman–Crippen MR) is 137 cm³/mol. The molecule has 3 heterocycles. The fourth-order valence-electron chi connectivity index (χ4n) is 4.38. The lowest BCUT2D eigenvalue weighted by Crippen LogP contribution is -2.31. The van der Waals surface area contributed by atoms with Crippen LogP contribution in [0.25, 0.3) is 10.2 Å². The van der Waals surface area contributed by atoms with Gasteiger partial charge in [-0.25, -0.2) is 4.98 Å². The third kappa shape index (κ3) is 3.77. The molecule has 0 spiro atoms. The van der Waals surface area contributed by atoms with E-state index >= 15 is 0 Å². The van der Waals surface area contributed by atoms with E-state index in [1.54, 1.807) is 35.7 Å². The van der Waals surface area contributed by atoms with Crippen LogP contribution in [0.3, 0.4) is 0 Å². The number of methoxy groups -OCH3 is 2.